The van der Waals surface area contributed by atoms with E-state index < -0.39 is 0 Å². The highest BCUT2D eigenvalue weighted by atomic mass is 16.5. The second-order valence-electron chi connectivity index (χ2n) is 4.08. The standard InChI is InChI=1S/C12H17N3O/c1-8(2)13-7-11-14-9-5-4-6-10(16-3)12(9)15-11/h4-6,8,13H,7H2,1-3H3,(H,14,15). The van der Waals surface area contributed by atoms with Gasteiger partial charge in [0.1, 0.15) is 17.1 Å². The number of rotatable bonds is 4. The van der Waals surface area contributed by atoms with Crippen molar-refractivity contribution in [3.63, 3.8) is 0 Å². The lowest BCUT2D eigenvalue weighted by molar-refractivity contribution is 0.419. The fourth-order valence-corrected chi connectivity index (χ4v) is 1.61. The van der Waals surface area contributed by atoms with Crippen LogP contribution in [0.2, 0.25) is 0 Å². The molecule has 86 valence electrons. The summed E-state index contributed by atoms with van der Waals surface area (Å²) in [5.41, 5.74) is 1.91. The van der Waals surface area contributed by atoms with Crippen molar-refractivity contribution >= 4 is 11.0 Å². The molecule has 1 heterocycles. The number of nitrogens with zero attached hydrogens (tertiary/aromatic N) is 1. The Balaban J connectivity index is 2.29. The van der Waals surface area contributed by atoms with E-state index in [0.29, 0.717) is 6.04 Å². The van der Waals surface area contributed by atoms with Gasteiger partial charge in [-0.25, -0.2) is 4.98 Å². The molecule has 0 spiro atoms. The smallest absolute Gasteiger partial charge is 0.146 e. The number of hydrogen-bond donors (Lipinski definition) is 2. The molecule has 0 saturated carbocycles. The summed E-state index contributed by atoms with van der Waals surface area (Å²) in [5.74, 6) is 1.75. The van der Waals surface area contributed by atoms with Gasteiger partial charge >= 0.3 is 0 Å². The van der Waals surface area contributed by atoms with Gasteiger partial charge in [0.25, 0.3) is 0 Å². The molecule has 0 aliphatic heterocycles. The van der Waals surface area contributed by atoms with Gasteiger partial charge in [0.15, 0.2) is 0 Å². The van der Waals surface area contributed by atoms with Crippen molar-refractivity contribution in [3.05, 3.63) is 24.0 Å². The Labute approximate surface area is 95.0 Å². The molecular formula is C12H17N3O. The van der Waals surface area contributed by atoms with E-state index in [1.54, 1.807) is 7.11 Å². The maximum absolute atomic E-state index is 5.26. The number of para-hydroxylation sites is 1. The molecule has 0 aliphatic rings. The van der Waals surface area contributed by atoms with Gasteiger partial charge in [0, 0.05) is 6.04 Å². The van der Waals surface area contributed by atoms with Crippen LogP contribution in [0.4, 0.5) is 0 Å². The zero-order valence-electron chi connectivity index (χ0n) is 9.87. The third kappa shape index (κ3) is 2.17. The Hall–Kier alpha value is -1.55. The first-order valence-electron chi connectivity index (χ1n) is 5.45. The maximum atomic E-state index is 5.26. The predicted molar refractivity (Wildman–Crippen MR) is 64.6 cm³/mol. The summed E-state index contributed by atoms with van der Waals surface area (Å²) in [4.78, 5) is 7.78. The minimum absolute atomic E-state index is 0.454. The van der Waals surface area contributed by atoms with Gasteiger partial charge in [-0.05, 0) is 12.1 Å². The number of H-pyrrole nitrogens is 1. The molecule has 0 amide bonds. The Morgan fingerprint density at radius 1 is 1.44 bits per heavy atom. The molecule has 0 unspecified atom stereocenters. The van der Waals surface area contributed by atoms with Crippen molar-refractivity contribution in [2.75, 3.05) is 7.11 Å². The van der Waals surface area contributed by atoms with E-state index in [9.17, 15) is 0 Å². The Morgan fingerprint density at radius 2 is 2.25 bits per heavy atom. The van der Waals surface area contributed by atoms with Gasteiger partial charge in [-0.3, -0.25) is 0 Å². The Bertz CT molecular complexity index is 476. The molecule has 0 atom stereocenters. The van der Waals surface area contributed by atoms with Crippen LogP contribution in [0.5, 0.6) is 5.75 Å². The molecular weight excluding hydrogens is 202 g/mol. The van der Waals surface area contributed by atoms with E-state index in [4.69, 9.17) is 4.74 Å². The lowest BCUT2D eigenvalue weighted by Crippen LogP contribution is -2.22. The quantitative estimate of drug-likeness (QED) is 0.827. The van der Waals surface area contributed by atoms with Crippen LogP contribution in [0.1, 0.15) is 19.7 Å². The van der Waals surface area contributed by atoms with Crippen LogP contribution in [0.25, 0.3) is 11.0 Å². The summed E-state index contributed by atoms with van der Waals surface area (Å²) in [6, 6.07) is 6.33. The second kappa shape index (κ2) is 4.53. The monoisotopic (exact) mass is 219 g/mol. The topological polar surface area (TPSA) is 49.9 Å². The lowest BCUT2D eigenvalue weighted by atomic mass is 10.3. The SMILES string of the molecule is COc1cccc2[nH]c(CNC(C)C)nc12. The van der Waals surface area contributed by atoms with Gasteiger partial charge in [0.2, 0.25) is 0 Å². The molecule has 0 aliphatic carbocycles. The summed E-state index contributed by atoms with van der Waals surface area (Å²) in [7, 11) is 1.66. The highest BCUT2D eigenvalue weighted by Gasteiger charge is 2.07. The third-order valence-electron chi connectivity index (χ3n) is 2.42. The highest BCUT2D eigenvalue weighted by molar-refractivity contribution is 5.81. The number of aromatic nitrogens is 2. The summed E-state index contributed by atoms with van der Waals surface area (Å²) < 4.78 is 5.26. The van der Waals surface area contributed by atoms with Crippen molar-refractivity contribution in [2.24, 2.45) is 0 Å². The van der Waals surface area contributed by atoms with Crippen LogP contribution < -0.4 is 10.1 Å². The first kappa shape index (κ1) is 11.0. The molecule has 0 fully saturated rings. The van der Waals surface area contributed by atoms with Crippen LogP contribution in [0, 0.1) is 0 Å². The van der Waals surface area contributed by atoms with Crippen LogP contribution in [-0.2, 0) is 6.54 Å². The molecule has 0 saturated heterocycles. The summed E-state index contributed by atoms with van der Waals surface area (Å²) in [6.45, 7) is 4.97. The highest BCUT2D eigenvalue weighted by Crippen LogP contribution is 2.22. The van der Waals surface area contributed by atoms with Crippen molar-refractivity contribution in [2.45, 2.75) is 26.4 Å². The first-order valence-corrected chi connectivity index (χ1v) is 5.45. The molecule has 0 radical (unpaired) electrons. The normalized spacial score (nSPS) is 11.2. The van der Waals surface area contributed by atoms with E-state index in [0.717, 1.165) is 29.2 Å². The molecule has 1 aromatic carbocycles. The van der Waals surface area contributed by atoms with Gasteiger partial charge < -0.3 is 15.0 Å². The summed E-state index contributed by atoms with van der Waals surface area (Å²) >= 11 is 0. The number of hydrogen-bond acceptors (Lipinski definition) is 3. The molecule has 4 nitrogen and oxygen atoms in total. The first-order chi connectivity index (χ1) is 7.70. The number of ether oxygens (including phenoxy) is 1. The molecule has 2 rings (SSSR count). The zero-order valence-corrected chi connectivity index (χ0v) is 9.87. The molecule has 1 aromatic heterocycles. The zero-order chi connectivity index (χ0) is 11.5. The molecule has 2 N–H and O–H groups in total. The van der Waals surface area contributed by atoms with Crippen LogP contribution >= 0.6 is 0 Å². The minimum atomic E-state index is 0.454. The second-order valence-corrected chi connectivity index (χ2v) is 4.08. The van der Waals surface area contributed by atoms with Gasteiger partial charge in [-0.1, -0.05) is 19.9 Å². The van der Waals surface area contributed by atoms with E-state index >= 15 is 0 Å². The Morgan fingerprint density at radius 3 is 2.94 bits per heavy atom. The van der Waals surface area contributed by atoms with Crippen molar-refractivity contribution in [1.29, 1.82) is 0 Å². The summed E-state index contributed by atoms with van der Waals surface area (Å²) in [6.07, 6.45) is 0. The maximum Gasteiger partial charge on any atom is 0.146 e. The van der Waals surface area contributed by atoms with Crippen LogP contribution in [0.3, 0.4) is 0 Å². The van der Waals surface area contributed by atoms with Crippen molar-refractivity contribution in [1.82, 2.24) is 15.3 Å². The lowest BCUT2D eigenvalue weighted by Gasteiger charge is -2.04. The summed E-state index contributed by atoms with van der Waals surface area (Å²) in [5, 5.41) is 3.33. The number of benzene rings is 1. The van der Waals surface area contributed by atoms with Gasteiger partial charge in [-0.15, -0.1) is 0 Å². The predicted octanol–water partition coefficient (Wildman–Crippen LogP) is 2.07. The van der Waals surface area contributed by atoms with Crippen molar-refractivity contribution < 1.29 is 4.74 Å². The fourth-order valence-electron chi connectivity index (χ4n) is 1.61. The van der Waals surface area contributed by atoms with Gasteiger partial charge in [0.05, 0.1) is 19.2 Å². The number of methoxy groups -OCH3 is 1. The number of aromatic amines is 1. The average molecular weight is 219 g/mol. The van der Waals surface area contributed by atoms with Gasteiger partial charge in [-0.2, -0.15) is 0 Å². The van der Waals surface area contributed by atoms with Crippen LogP contribution in [-0.4, -0.2) is 23.1 Å². The van der Waals surface area contributed by atoms with E-state index in [1.807, 2.05) is 18.2 Å². The van der Waals surface area contributed by atoms with Crippen molar-refractivity contribution in [3.8, 4) is 5.75 Å². The molecule has 4 heteroatoms. The number of fused-ring (bicyclic) bond motifs is 1. The van der Waals surface area contributed by atoms with Crippen LogP contribution in [0.15, 0.2) is 18.2 Å². The van der Waals surface area contributed by atoms with E-state index in [1.165, 1.54) is 0 Å². The number of nitrogens with one attached hydrogen (secondary N) is 2. The number of imidazole rings is 1. The van der Waals surface area contributed by atoms with E-state index in [-0.39, 0.29) is 0 Å². The average Bonchev–Trinajstić information content (AvgIpc) is 2.68. The molecule has 0 bridgehead atoms. The molecule has 2 aromatic rings. The van der Waals surface area contributed by atoms with E-state index in [2.05, 4.69) is 29.1 Å². The Kier molecular flexibility index (Phi) is 3.10. The largest absolute Gasteiger partial charge is 0.494 e. The molecule has 16 heavy (non-hydrogen) atoms. The minimum Gasteiger partial charge on any atom is -0.494 e. The third-order valence-corrected chi connectivity index (χ3v) is 2.42. The fraction of sp³-hybridized carbons (Fsp3) is 0.417.